The second-order valence-corrected chi connectivity index (χ2v) is 7.08. The first-order chi connectivity index (χ1) is 12.3. The van der Waals surface area contributed by atoms with Crippen molar-refractivity contribution in [1.82, 2.24) is 14.9 Å². The zero-order valence-corrected chi connectivity index (χ0v) is 15.2. The van der Waals surface area contributed by atoms with Gasteiger partial charge in [0.2, 0.25) is 0 Å². The fourth-order valence-electron chi connectivity index (χ4n) is 3.94. The molecule has 0 N–H and O–H groups in total. The van der Waals surface area contributed by atoms with E-state index in [4.69, 9.17) is 9.83 Å². The molecule has 0 aliphatic carbocycles. The lowest BCUT2D eigenvalue weighted by atomic mass is 10.0. The molecule has 3 aliphatic heterocycles. The topological polar surface area (TPSA) is 44.2 Å². The number of hydrogen-bond acceptors (Lipinski definition) is 6. The molecule has 0 bridgehead atoms. The number of aryl methyl sites for hydroxylation is 1. The molecular weight excluding hydrogens is 314 g/mol. The smallest absolute Gasteiger partial charge is 0.160 e. The van der Waals surface area contributed by atoms with Crippen LogP contribution in [0.1, 0.15) is 36.8 Å². The molecule has 4 rings (SSSR count). The van der Waals surface area contributed by atoms with Crippen molar-refractivity contribution in [2.24, 2.45) is 4.99 Å². The number of rotatable bonds is 5. The number of hydrogen-bond donors (Lipinski definition) is 0. The average molecular weight is 341 g/mol. The molecule has 1 fully saturated rings. The van der Waals surface area contributed by atoms with Crippen LogP contribution in [-0.4, -0.2) is 54.6 Å². The molecule has 0 amide bonds. The minimum Gasteiger partial charge on any atom is -0.303 e. The Morgan fingerprint density at radius 1 is 1.20 bits per heavy atom. The zero-order valence-electron chi connectivity index (χ0n) is 15.2. The highest BCUT2D eigenvalue weighted by Crippen LogP contribution is 2.39. The number of likely N-dealkylation sites (tertiary alicyclic amines) is 1. The lowest BCUT2D eigenvalue weighted by molar-refractivity contribution is -0.0790. The molecule has 0 atom stereocenters. The molecular formula is C19H27N5O. The Bertz CT molecular complexity index is 693. The van der Waals surface area contributed by atoms with E-state index in [0.29, 0.717) is 6.67 Å². The molecule has 4 heterocycles. The number of pyridine rings is 1. The van der Waals surface area contributed by atoms with Gasteiger partial charge in [0.25, 0.3) is 0 Å². The molecule has 6 nitrogen and oxygen atoms in total. The van der Waals surface area contributed by atoms with Crippen LogP contribution in [0, 0.1) is 6.92 Å². The van der Waals surface area contributed by atoms with Gasteiger partial charge in [-0.15, -0.1) is 0 Å². The number of piperidine rings is 1. The normalized spacial score (nSPS) is 19.8. The van der Waals surface area contributed by atoms with Crippen molar-refractivity contribution in [3.63, 3.8) is 0 Å². The van der Waals surface area contributed by atoms with Gasteiger partial charge in [0.05, 0.1) is 25.2 Å². The standard InChI is InChI=1S/C19H27N5O/c1-15-11-21-19-18(20-12-16-13-23(25-2)14-24(16)19)17(15)7-6-10-22-8-4-3-5-9-22/h11-13H,3-10,14H2,1-2H3. The maximum absolute atomic E-state index is 5.32. The minimum absolute atomic E-state index is 0.661. The van der Waals surface area contributed by atoms with Crippen molar-refractivity contribution in [2.75, 3.05) is 38.3 Å². The van der Waals surface area contributed by atoms with Crippen LogP contribution in [0.2, 0.25) is 0 Å². The van der Waals surface area contributed by atoms with Crippen LogP contribution in [0.4, 0.5) is 11.5 Å². The highest BCUT2D eigenvalue weighted by atomic mass is 16.7. The van der Waals surface area contributed by atoms with Gasteiger partial charge in [0.1, 0.15) is 12.4 Å². The molecule has 1 saturated heterocycles. The first kappa shape index (κ1) is 16.5. The Morgan fingerprint density at radius 3 is 2.84 bits per heavy atom. The van der Waals surface area contributed by atoms with E-state index in [9.17, 15) is 0 Å². The molecule has 6 heteroatoms. The van der Waals surface area contributed by atoms with Gasteiger partial charge in [-0.1, -0.05) is 6.42 Å². The lowest BCUT2D eigenvalue weighted by Gasteiger charge is -2.28. The summed E-state index contributed by atoms with van der Waals surface area (Å²) in [5.74, 6) is 0.951. The molecule has 0 radical (unpaired) electrons. The highest BCUT2D eigenvalue weighted by molar-refractivity contribution is 5.93. The van der Waals surface area contributed by atoms with E-state index in [-0.39, 0.29) is 0 Å². The Balaban J connectivity index is 1.50. The number of nitrogens with zero attached hydrogens (tertiary/aromatic N) is 5. The SMILES string of the molecule is CON1C=C2C=Nc3c(ncc(C)c3CCCN3CCCCC3)N2C1. The number of aliphatic imine (C=N–C) groups is 1. The second-order valence-electron chi connectivity index (χ2n) is 7.08. The molecule has 0 saturated carbocycles. The molecule has 0 spiro atoms. The minimum atomic E-state index is 0.661. The number of hydroxylamine groups is 2. The van der Waals surface area contributed by atoms with Gasteiger partial charge in [-0.25, -0.2) is 10.0 Å². The van der Waals surface area contributed by atoms with Crippen LogP contribution >= 0.6 is 0 Å². The summed E-state index contributed by atoms with van der Waals surface area (Å²) in [4.78, 5) is 19.5. The van der Waals surface area contributed by atoms with E-state index in [2.05, 4.69) is 21.7 Å². The second kappa shape index (κ2) is 7.14. The van der Waals surface area contributed by atoms with Gasteiger partial charge < -0.3 is 9.80 Å². The summed E-state index contributed by atoms with van der Waals surface area (Å²) >= 11 is 0. The van der Waals surface area contributed by atoms with Crippen LogP contribution in [0.15, 0.2) is 23.1 Å². The van der Waals surface area contributed by atoms with E-state index in [1.807, 2.05) is 18.6 Å². The summed E-state index contributed by atoms with van der Waals surface area (Å²) in [6.45, 7) is 6.53. The van der Waals surface area contributed by atoms with E-state index in [0.717, 1.165) is 23.6 Å². The summed E-state index contributed by atoms with van der Waals surface area (Å²) < 4.78 is 0. The summed E-state index contributed by atoms with van der Waals surface area (Å²) in [5, 5.41) is 1.80. The maximum atomic E-state index is 5.32. The van der Waals surface area contributed by atoms with Gasteiger partial charge in [0, 0.05) is 6.20 Å². The number of fused-ring (bicyclic) bond motifs is 3. The Morgan fingerprint density at radius 2 is 2.04 bits per heavy atom. The van der Waals surface area contributed by atoms with Crippen molar-refractivity contribution in [3.05, 3.63) is 29.2 Å². The van der Waals surface area contributed by atoms with Gasteiger partial charge >= 0.3 is 0 Å². The van der Waals surface area contributed by atoms with Crippen LogP contribution in [-0.2, 0) is 11.3 Å². The zero-order chi connectivity index (χ0) is 17.2. The summed E-state index contributed by atoms with van der Waals surface area (Å²) in [6.07, 6.45) is 12.2. The third-order valence-corrected chi connectivity index (χ3v) is 5.39. The van der Waals surface area contributed by atoms with E-state index in [1.54, 1.807) is 12.2 Å². The van der Waals surface area contributed by atoms with Gasteiger partial charge in [0.15, 0.2) is 5.82 Å². The fraction of sp³-hybridized carbons (Fsp3) is 0.579. The number of anilines is 1. The van der Waals surface area contributed by atoms with Crippen molar-refractivity contribution in [1.29, 1.82) is 0 Å². The van der Waals surface area contributed by atoms with Crippen LogP contribution < -0.4 is 4.90 Å². The van der Waals surface area contributed by atoms with E-state index >= 15 is 0 Å². The first-order valence-electron chi connectivity index (χ1n) is 9.31. The van der Waals surface area contributed by atoms with Crippen molar-refractivity contribution in [3.8, 4) is 0 Å². The average Bonchev–Trinajstić information content (AvgIpc) is 3.08. The third-order valence-electron chi connectivity index (χ3n) is 5.39. The van der Waals surface area contributed by atoms with Crippen molar-refractivity contribution < 1.29 is 4.84 Å². The molecule has 0 unspecified atom stereocenters. The summed E-state index contributed by atoms with van der Waals surface area (Å²) in [7, 11) is 1.68. The largest absolute Gasteiger partial charge is 0.303 e. The predicted molar refractivity (Wildman–Crippen MR) is 100 cm³/mol. The third kappa shape index (κ3) is 3.28. The molecule has 25 heavy (non-hydrogen) atoms. The van der Waals surface area contributed by atoms with Gasteiger partial charge in [-0.3, -0.25) is 9.83 Å². The van der Waals surface area contributed by atoms with E-state index < -0.39 is 0 Å². The molecule has 0 aromatic carbocycles. The quantitative estimate of drug-likeness (QED) is 0.824. The van der Waals surface area contributed by atoms with Crippen LogP contribution in [0.25, 0.3) is 0 Å². The first-order valence-corrected chi connectivity index (χ1v) is 9.31. The number of allylic oxidation sites excluding steroid dienone is 1. The fourth-order valence-corrected chi connectivity index (χ4v) is 3.94. The van der Waals surface area contributed by atoms with Crippen LogP contribution in [0.5, 0.6) is 0 Å². The van der Waals surface area contributed by atoms with E-state index in [1.165, 1.54) is 56.4 Å². The predicted octanol–water partition coefficient (Wildman–Crippen LogP) is 3.01. The molecule has 134 valence electrons. The Kier molecular flexibility index (Phi) is 4.72. The van der Waals surface area contributed by atoms with Crippen molar-refractivity contribution in [2.45, 2.75) is 39.0 Å². The van der Waals surface area contributed by atoms with Crippen LogP contribution in [0.3, 0.4) is 0 Å². The Labute approximate surface area is 149 Å². The van der Waals surface area contributed by atoms with Gasteiger partial charge in [-0.05, 0) is 63.4 Å². The Hall–Kier alpha value is -1.92. The van der Waals surface area contributed by atoms with Crippen molar-refractivity contribution >= 4 is 17.7 Å². The summed E-state index contributed by atoms with van der Waals surface area (Å²) in [6, 6.07) is 0. The van der Waals surface area contributed by atoms with Gasteiger partial charge in [-0.2, -0.15) is 0 Å². The highest BCUT2D eigenvalue weighted by Gasteiger charge is 2.29. The molecule has 1 aromatic rings. The molecule has 1 aromatic heterocycles. The molecule has 3 aliphatic rings. The summed E-state index contributed by atoms with van der Waals surface area (Å²) in [5.41, 5.74) is 4.65. The number of aromatic nitrogens is 1. The lowest BCUT2D eigenvalue weighted by Crippen LogP contribution is -2.31. The maximum Gasteiger partial charge on any atom is 0.160 e. The monoisotopic (exact) mass is 341 g/mol.